The number of nitrogens with one attached hydrogen (secondary N) is 1. The molecule has 1 N–H and O–H groups in total. The highest BCUT2D eigenvalue weighted by molar-refractivity contribution is 5.91. The maximum atomic E-state index is 11.9. The van der Waals surface area contributed by atoms with Gasteiger partial charge < -0.3 is 10.1 Å². The summed E-state index contributed by atoms with van der Waals surface area (Å²) in [5, 5.41) is 2.88. The Labute approximate surface area is 117 Å². The zero-order valence-electron chi connectivity index (χ0n) is 11.0. The highest BCUT2D eigenvalue weighted by Gasteiger charge is 2.20. The highest BCUT2D eigenvalue weighted by Crippen LogP contribution is 2.26. The van der Waals surface area contributed by atoms with Crippen LogP contribution >= 0.6 is 0 Å². The first kappa shape index (κ1) is 12.6. The zero-order valence-corrected chi connectivity index (χ0v) is 11.0. The van der Waals surface area contributed by atoms with Gasteiger partial charge in [0, 0.05) is 24.9 Å². The molecule has 1 atom stereocenters. The molecule has 1 aliphatic rings. The molecule has 1 aromatic carbocycles. The minimum absolute atomic E-state index is 0.197. The van der Waals surface area contributed by atoms with E-state index in [1.807, 2.05) is 18.2 Å². The van der Waals surface area contributed by atoms with Crippen LogP contribution in [0.15, 0.2) is 42.9 Å². The Kier molecular flexibility index (Phi) is 3.58. The summed E-state index contributed by atoms with van der Waals surface area (Å²) < 4.78 is 5.69. The molecule has 0 bridgehead atoms. The van der Waals surface area contributed by atoms with Crippen molar-refractivity contribution in [1.82, 2.24) is 15.3 Å². The van der Waals surface area contributed by atoms with Gasteiger partial charge in [-0.05, 0) is 18.1 Å². The molecule has 5 heteroatoms. The molecular formula is C15H15N3O2. The van der Waals surface area contributed by atoms with Crippen LogP contribution < -0.4 is 10.1 Å². The summed E-state index contributed by atoms with van der Waals surface area (Å²) in [7, 11) is 0. The molecule has 0 aliphatic carbocycles. The lowest BCUT2D eigenvalue weighted by Crippen LogP contribution is -2.35. The summed E-state index contributed by atoms with van der Waals surface area (Å²) in [6.07, 6.45) is 5.43. The SMILES string of the molecule is O=C(NCC1COc2ccccc2C1)c1cnccn1. The van der Waals surface area contributed by atoms with E-state index in [9.17, 15) is 4.79 Å². The summed E-state index contributed by atoms with van der Waals surface area (Å²) in [6, 6.07) is 8.01. The van der Waals surface area contributed by atoms with Crippen LogP contribution in [0.25, 0.3) is 0 Å². The number of hydrogen-bond acceptors (Lipinski definition) is 4. The number of nitrogens with zero attached hydrogens (tertiary/aromatic N) is 2. The Morgan fingerprint density at radius 2 is 2.25 bits per heavy atom. The van der Waals surface area contributed by atoms with Crippen molar-refractivity contribution in [3.63, 3.8) is 0 Å². The molecule has 1 aromatic heterocycles. The predicted octanol–water partition coefficient (Wildman–Crippen LogP) is 1.46. The predicted molar refractivity (Wildman–Crippen MR) is 73.5 cm³/mol. The largest absolute Gasteiger partial charge is 0.493 e. The number of benzene rings is 1. The molecule has 0 saturated heterocycles. The van der Waals surface area contributed by atoms with Crippen molar-refractivity contribution in [3.8, 4) is 5.75 Å². The highest BCUT2D eigenvalue weighted by atomic mass is 16.5. The first-order chi connectivity index (χ1) is 9.83. The number of ether oxygens (including phenoxy) is 1. The molecule has 20 heavy (non-hydrogen) atoms. The van der Waals surface area contributed by atoms with Gasteiger partial charge in [0.05, 0.1) is 12.8 Å². The molecular weight excluding hydrogens is 254 g/mol. The third kappa shape index (κ3) is 2.77. The smallest absolute Gasteiger partial charge is 0.271 e. The average Bonchev–Trinajstić information content (AvgIpc) is 2.53. The first-order valence-corrected chi connectivity index (χ1v) is 6.58. The van der Waals surface area contributed by atoms with Gasteiger partial charge in [-0.15, -0.1) is 0 Å². The van der Waals surface area contributed by atoms with Crippen molar-refractivity contribution in [2.24, 2.45) is 5.92 Å². The minimum Gasteiger partial charge on any atom is -0.493 e. The van der Waals surface area contributed by atoms with E-state index < -0.39 is 0 Å². The number of aromatic nitrogens is 2. The van der Waals surface area contributed by atoms with Crippen LogP contribution in [-0.4, -0.2) is 29.0 Å². The standard InChI is InChI=1S/C15H15N3O2/c19-15(13-9-16-5-6-17-13)18-8-11-7-12-3-1-2-4-14(12)20-10-11/h1-6,9,11H,7-8,10H2,(H,18,19). The first-order valence-electron chi connectivity index (χ1n) is 6.58. The minimum atomic E-state index is -0.197. The summed E-state index contributed by atoms with van der Waals surface area (Å²) in [5.41, 5.74) is 1.53. The van der Waals surface area contributed by atoms with E-state index in [2.05, 4.69) is 21.4 Å². The van der Waals surface area contributed by atoms with E-state index in [-0.39, 0.29) is 11.8 Å². The van der Waals surface area contributed by atoms with Crippen LogP contribution in [0.1, 0.15) is 16.1 Å². The second-order valence-corrected chi connectivity index (χ2v) is 4.79. The second-order valence-electron chi connectivity index (χ2n) is 4.79. The molecule has 1 unspecified atom stereocenters. The van der Waals surface area contributed by atoms with Crippen LogP contribution in [0.4, 0.5) is 0 Å². The molecule has 102 valence electrons. The van der Waals surface area contributed by atoms with Crippen LogP contribution in [0.3, 0.4) is 0 Å². The fraction of sp³-hybridized carbons (Fsp3) is 0.267. The Balaban J connectivity index is 1.57. The lowest BCUT2D eigenvalue weighted by atomic mass is 9.97. The van der Waals surface area contributed by atoms with Gasteiger partial charge in [0.25, 0.3) is 5.91 Å². The quantitative estimate of drug-likeness (QED) is 0.916. The van der Waals surface area contributed by atoms with E-state index in [0.29, 0.717) is 18.8 Å². The van der Waals surface area contributed by atoms with Gasteiger partial charge in [-0.25, -0.2) is 4.98 Å². The molecule has 2 heterocycles. The molecule has 1 amide bonds. The van der Waals surface area contributed by atoms with E-state index >= 15 is 0 Å². The van der Waals surface area contributed by atoms with Gasteiger partial charge in [-0.3, -0.25) is 9.78 Å². The normalized spacial score (nSPS) is 16.9. The van der Waals surface area contributed by atoms with E-state index in [1.165, 1.54) is 18.0 Å². The number of rotatable bonds is 3. The number of carbonyl (C=O) groups excluding carboxylic acids is 1. The monoisotopic (exact) mass is 269 g/mol. The summed E-state index contributed by atoms with van der Waals surface area (Å²) >= 11 is 0. The van der Waals surface area contributed by atoms with E-state index in [1.54, 1.807) is 6.20 Å². The lowest BCUT2D eigenvalue weighted by Gasteiger charge is -2.25. The molecule has 0 saturated carbocycles. The maximum absolute atomic E-state index is 11.9. The number of para-hydroxylation sites is 1. The van der Waals surface area contributed by atoms with Gasteiger partial charge in [0.2, 0.25) is 0 Å². The third-order valence-corrected chi connectivity index (χ3v) is 3.30. The van der Waals surface area contributed by atoms with Gasteiger partial charge in [-0.1, -0.05) is 18.2 Å². The Bertz CT molecular complexity index is 601. The van der Waals surface area contributed by atoms with E-state index in [0.717, 1.165) is 12.2 Å². The van der Waals surface area contributed by atoms with Crippen molar-refractivity contribution in [3.05, 3.63) is 54.1 Å². The van der Waals surface area contributed by atoms with Crippen molar-refractivity contribution in [1.29, 1.82) is 0 Å². The van der Waals surface area contributed by atoms with E-state index in [4.69, 9.17) is 4.74 Å². The molecule has 3 rings (SSSR count). The topological polar surface area (TPSA) is 64.1 Å². The van der Waals surface area contributed by atoms with Gasteiger partial charge in [0.1, 0.15) is 11.4 Å². The van der Waals surface area contributed by atoms with Crippen molar-refractivity contribution >= 4 is 5.91 Å². The maximum Gasteiger partial charge on any atom is 0.271 e. The summed E-state index contributed by atoms with van der Waals surface area (Å²) in [5.74, 6) is 1.03. The molecule has 2 aromatic rings. The Morgan fingerprint density at radius 3 is 3.10 bits per heavy atom. The fourth-order valence-electron chi connectivity index (χ4n) is 2.27. The Hall–Kier alpha value is -2.43. The van der Waals surface area contributed by atoms with Crippen LogP contribution in [0, 0.1) is 5.92 Å². The van der Waals surface area contributed by atoms with Crippen LogP contribution in [-0.2, 0) is 6.42 Å². The van der Waals surface area contributed by atoms with Gasteiger partial charge >= 0.3 is 0 Å². The number of hydrogen-bond donors (Lipinski definition) is 1. The lowest BCUT2D eigenvalue weighted by molar-refractivity contribution is 0.0933. The molecule has 1 aliphatic heterocycles. The third-order valence-electron chi connectivity index (χ3n) is 3.30. The molecule has 0 spiro atoms. The number of amides is 1. The van der Waals surface area contributed by atoms with Crippen LogP contribution in [0.2, 0.25) is 0 Å². The van der Waals surface area contributed by atoms with Crippen molar-refractivity contribution in [2.75, 3.05) is 13.2 Å². The summed E-state index contributed by atoms with van der Waals surface area (Å²) in [6.45, 7) is 1.20. The summed E-state index contributed by atoms with van der Waals surface area (Å²) in [4.78, 5) is 19.7. The number of carbonyl (C=O) groups is 1. The Morgan fingerprint density at radius 1 is 1.35 bits per heavy atom. The van der Waals surface area contributed by atoms with Gasteiger partial charge in [-0.2, -0.15) is 0 Å². The molecule has 0 radical (unpaired) electrons. The van der Waals surface area contributed by atoms with Crippen LogP contribution in [0.5, 0.6) is 5.75 Å². The fourth-order valence-corrected chi connectivity index (χ4v) is 2.27. The zero-order chi connectivity index (χ0) is 13.8. The van der Waals surface area contributed by atoms with Crippen molar-refractivity contribution < 1.29 is 9.53 Å². The molecule has 5 nitrogen and oxygen atoms in total. The average molecular weight is 269 g/mol. The van der Waals surface area contributed by atoms with Gasteiger partial charge in [0.15, 0.2) is 0 Å². The molecule has 0 fully saturated rings. The second kappa shape index (κ2) is 5.69. The van der Waals surface area contributed by atoms with Crippen molar-refractivity contribution in [2.45, 2.75) is 6.42 Å². The number of fused-ring (bicyclic) bond motifs is 1.